The predicted octanol–water partition coefficient (Wildman–Crippen LogP) is 3.94. The number of benzene rings is 2. The number of nitrogens with zero attached hydrogens (tertiary/aromatic N) is 1. The average Bonchev–Trinajstić information content (AvgIpc) is 2.53. The fraction of sp³-hybridized carbons (Fsp3) is 0.200. The quantitative estimate of drug-likeness (QED) is 0.603. The first kappa shape index (κ1) is 15.1. The summed E-state index contributed by atoms with van der Waals surface area (Å²) in [5, 5.41) is 0. The molecule has 0 saturated carbocycles. The summed E-state index contributed by atoms with van der Waals surface area (Å²) in [5.41, 5.74) is 2.29. The maximum atomic E-state index is 4.00. The maximum Gasteiger partial charge on any atom is 0.0817 e. The van der Waals surface area contributed by atoms with E-state index in [1.165, 1.54) is 5.56 Å². The van der Waals surface area contributed by atoms with Gasteiger partial charge in [0, 0.05) is 11.5 Å². The summed E-state index contributed by atoms with van der Waals surface area (Å²) >= 11 is 0. The molecular weight excluding hydrogens is 254 g/mol. The molecule has 0 fully saturated rings. The topological polar surface area (TPSA) is 3.24 Å². The molecular formula is C20H21N. The molecule has 0 heterocycles. The molecule has 0 amide bonds. The van der Waals surface area contributed by atoms with Gasteiger partial charge in [0.25, 0.3) is 0 Å². The van der Waals surface area contributed by atoms with Crippen molar-refractivity contribution < 1.29 is 0 Å². The minimum Gasteiger partial charge on any atom is -0.295 e. The van der Waals surface area contributed by atoms with E-state index in [1.54, 1.807) is 0 Å². The number of hydrogen-bond acceptors (Lipinski definition) is 1. The van der Waals surface area contributed by atoms with Gasteiger partial charge in [0.05, 0.1) is 6.04 Å². The zero-order valence-electron chi connectivity index (χ0n) is 12.7. The Kier molecular flexibility index (Phi) is 5.37. The van der Waals surface area contributed by atoms with Crippen LogP contribution in [0.5, 0.6) is 0 Å². The molecule has 2 aromatic carbocycles. The highest BCUT2D eigenvalue weighted by molar-refractivity contribution is 5.37. The largest absolute Gasteiger partial charge is 0.295 e. The van der Waals surface area contributed by atoms with Crippen molar-refractivity contribution in [2.24, 2.45) is 0 Å². The minimum atomic E-state index is 0.102. The highest BCUT2D eigenvalue weighted by atomic mass is 15.1. The summed E-state index contributed by atoms with van der Waals surface area (Å²) in [6.07, 6.45) is 1.99. The van der Waals surface area contributed by atoms with Crippen molar-refractivity contribution in [3.05, 3.63) is 84.4 Å². The van der Waals surface area contributed by atoms with E-state index < -0.39 is 0 Å². The van der Waals surface area contributed by atoms with Crippen LogP contribution < -0.4 is 0 Å². The highest BCUT2D eigenvalue weighted by Crippen LogP contribution is 2.23. The lowest BCUT2D eigenvalue weighted by molar-refractivity contribution is 0.332. The van der Waals surface area contributed by atoms with E-state index in [0.29, 0.717) is 0 Å². The molecule has 0 bridgehead atoms. The zero-order valence-corrected chi connectivity index (χ0v) is 12.7. The van der Waals surface area contributed by atoms with Gasteiger partial charge in [-0.2, -0.15) is 0 Å². The Hall–Kier alpha value is -2.30. The smallest absolute Gasteiger partial charge is 0.0817 e. The molecule has 2 unspecified atom stereocenters. The van der Waals surface area contributed by atoms with E-state index >= 15 is 0 Å². The molecule has 2 atom stereocenters. The molecule has 21 heavy (non-hydrogen) atoms. The molecule has 106 valence electrons. The van der Waals surface area contributed by atoms with Gasteiger partial charge in [-0.05, 0) is 31.8 Å². The Balaban J connectivity index is 2.30. The Morgan fingerprint density at radius 1 is 0.952 bits per heavy atom. The van der Waals surface area contributed by atoms with Crippen molar-refractivity contribution in [2.75, 3.05) is 14.1 Å². The Morgan fingerprint density at radius 3 is 2.05 bits per heavy atom. The van der Waals surface area contributed by atoms with E-state index in [0.717, 1.165) is 5.56 Å². The van der Waals surface area contributed by atoms with Crippen LogP contribution in [0.3, 0.4) is 0 Å². The molecule has 0 N–H and O–H groups in total. The molecule has 2 aromatic rings. The molecule has 0 aliphatic carbocycles. The van der Waals surface area contributed by atoms with E-state index in [9.17, 15) is 0 Å². The third kappa shape index (κ3) is 4.08. The summed E-state index contributed by atoms with van der Waals surface area (Å²) in [6.45, 7) is 4.00. The van der Waals surface area contributed by atoms with Crippen LogP contribution in [0, 0.1) is 11.8 Å². The van der Waals surface area contributed by atoms with Gasteiger partial charge >= 0.3 is 0 Å². The van der Waals surface area contributed by atoms with Crippen LogP contribution in [-0.2, 0) is 0 Å². The second-order valence-electron chi connectivity index (χ2n) is 5.22. The fourth-order valence-corrected chi connectivity index (χ4v) is 2.34. The summed E-state index contributed by atoms with van der Waals surface area (Å²) in [4.78, 5) is 2.15. The lowest BCUT2D eigenvalue weighted by Crippen LogP contribution is -2.32. The van der Waals surface area contributed by atoms with Gasteiger partial charge in [0.1, 0.15) is 0 Å². The Bertz CT molecular complexity index is 617. The van der Waals surface area contributed by atoms with Gasteiger partial charge in [-0.3, -0.25) is 4.90 Å². The van der Waals surface area contributed by atoms with E-state index in [4.69, 9.17) is 0 Å². The lowest BCUT2D eigenvalue weighted by atomic mass is 9.91. The van der Waals surface area contributed by atoms with Gasteiger partial charge in [-0.15, -0.1) is 6.58 Å². The number of likely N-dealkylation sites (N-methyl/N-ethyl adjacent to an activating group) is 1. The highest BCUT2D eigenvalue weighted by Gasteiger charge is 2.20. The molecule has 0 saturated heterocycles. The van der Waals surface area contributed by atoms with Crippen molar-refractivity contribution in [1.29, 1.82) is 0 Å². The van der Waals surface area contributed by atoms with Gasteiger partial charge in [0.2, 0.25) is 0 Å². The van der Waals surface area contributed by atoms with Crippen LogP contribution in [0.1, 0.15) is 17.0 Å². The number of rotatable bonds is 4. The molecule has 2 rings (SSSR count). The van der Waals surface area contributed by atoms with Gasteiger partial charge < -0.3 is 0 Å². The standard InChI is InChI=1S/C20H21N/c1-4-19(18-13-9-6-10-14-18)20(21(2)3)16-15-17-11-7-5-8-12-17/h4-14,19-20H,1H2,2-3H3. The second-order valence-corrected chi connectivity index (χ2v) is 5.22. The average molecular weight is 275 g/mol. The van der Waals surface area contributed by atoms with Crippen molar-refractivity contribution in [1.82, 2.24) is 4.90 Å². The molecule has 1 nitrogen and oxygen atoms in total. The van der Waals surface area contributed by atoms with Gasteiger partial charge in [0.15, 0.2) is 0 Å². The maximum absolute atomic E-state index is 4.00. The third-order valence-electron chi connectivity index (χ3n) is 3.47. The third-order valence-corrected chi connectivity index (χ3v) is 3.47. The fourth-order valence-electron chi connectivity index (χ4n) is 2.34. The van der Waals surface area contributed by atoms with Crippen LogP contribution in [-0.4, -0.2) is 25.0 Å². The van der Waals surface area contributed by atoms with Crippen LogP contribution in [0.2, 0.25) is 0 Å². The predicted molar refractivity (Wildman–Crippen MR) is 90.2 cm³/mol. The van der Waals surface area contributed by atoms with Crippen molar-refractivity contribution >= 4 is 0 Å². The molecule has 0 aromatic heterocycles. The van der Waals surface area contributed by atoms with Crippen LogP contribution >= 0.6 is 0 Å². The monoisotopic (exact) mass is 275 g/mol. The summed E-state index contributed by atoms with van der Waals surface area (Å²) in [7, 11) is 4.12. The van der Waals surface area contributed by atoms with Gasteiger partial charge in [-0.1, -0.05) is 66.4 Å². The van der Waals surface area contributed by atoms with Gasteiger partial charge in [-0.25, -0.2) is 0 Å². The lowest BCUT2D eigenvalue weighted by Gasteiger charge is -2.26. The summed E-state index contributed by atoms with van der Waals surface area (Å²) < 4.78 is 0. The molecule has 0 aliphatic heterocycles. The first-order valence-corrected chi connectivity index (χ1v) is 7.13. The van der Waals surface area contributed by atoms with Crippen molar-refractivity contribution in [2.45, 2.75) is 12.0 Å². The Labute approximate surface area is 127 Å². The zero-order chi connectivity index (χ0) is 15.1. The summed E-state index contributed by atoms with van der Waals surface area (Å²) in [6, 6.07) is 20.6. The van der Waals surface area contributed by atoms with E-state index in [2.05, 4.69) is 61.7 Å². The van der Waals surface area contributed by atoms with Crippen molar-refractivity contribution in [3.63, 3.8) is 0 Å². The molecule has 0 spiro atoms. The normalized spacial score (nSPS) is 13.1. The molecule has 0 aliphatic rings. The molecule has 0 radical (unpaired) electrons. The van der Waals surface area contributed by atoms with Crippen LogP contribution in [0.25, 0.3) is 0 Å². The molecule has 1 heteroatoms. The first-order chi connectivity index (χ1) is 10.2. The summed E-state index contributed by atoms with van der Waals surface area (Å²) in [5.74, 6) is 6.85. The number of hydrogen-bond donors (Lipinski definition) is 0. The SMILES string of the molecule is C=CC(c1ccccc1)C(C#Cc1ccccc1)N(C)C. The Morgan fingerprint density at radius 2 is 1.52 bits per heavy atom. The first-order valence-electron chi connectivity index (χ1n) is 7.13. The van der Waals surface area contributed by atoms with Crippen LogP contribution in [0.15, 0.2) is 73.3 Å². The second kappa shape index (κ2) is 7.47. The van der Waals surface area contributed by atoms with Crippen molar-refractivity contribution in [3.8, 4) is 11.8 Å². The van der Waals surface area contributed by atoms with Crippen LogP contribution in [0.4, 0.5) is 0 Å². The van der Waals surface area contributed by atoms with E-state index in [1.807, 2.05) is 42.5 Å². The minimum absolute atomic E-state index is 0.102. The van der Waals surface area contributed by atoms with E-state index in [-0.39, 0.29) is 12.0 Å².